The average molecular weight is 221 g/mol. The summed E-state index contributed by atoms with van der Waals surface area (Å²) in [6, 6.07) is 7.18. The number of nitrogens with one attached hydrogen (secondary N) is 1. The lowest BCUT2D eigenvalue weighted by Crippen LogP contribution is -2.11. The number of hydrogen-bond acceptors (Lipinski definition) is 3. The van der Waals surface area contributed by atoms with Crippen LogP contribution >= 0.6 is 0 Å². The van der Waals surface area contributed by atoms with Gasteiger partial charge in [-0.25, -0.2) is 0 Å². The molecule has 4 heteroatoms. The van der Waals surface area contributed by atoms with Gasteiger partial charge in [-0.15, -0.1) is 0 Å². The van der Waals surface area contributed by atoms with Crippen molar-refractivity contribution >= 4 is 17.3 Å². The number of carbonyl (C=O) groups excluding carboxylic acids is 1. The summed E-state index contributed by atoms with van der Waals surface area (Å²) >= 11 is 0. The highest BCUT2D eigenvalue weighted by Gasteiger charge is 2.01. The zero-order chi connectivity index (χ0) is 11.8. The van der Waals surface area contributed by atoms with E-state index in [1.165, 1.54) is 0 Å². The summed E-state index contributed by atoms with van der Waals surface area (Å²) in [5.41, 5.74) is 12.4. The first-order valence-corrected chi connectivity index (χ1v) is 5.58. The minimum Gasteiger partial charge on any atom is -0.399 e. The Labute approximate surface area is 96.0 Å². The van der Waals surface area contributed by atoms with Gasteiger partial charge in [0.15, 0.2) is 0 Å². The fourth-order valence-electron chi connectivity index (χ4n) is 1.45. The molecule has 88 valence electrons. The van der Waals surface area contributed by atoms with Gasteiger partial charge in [-0.2, -0.15) is 0 Å². The van der Waals surface area contributed by atoms with Crippen molar-refractivity contribution in [1.29, 1.82) is 0 Å². The van der Waals surface area contributed by atoms with Crippen molar-refractivity contribution in [2.75, 3.05) is 17.6 Å². The molecule has 1 amide bonds. The Morgan fingerprint density at radius 1 is 1.25 bits per heavy atom. The predicted molar refractivity (Wildman–Crippen MR) is 67.0 cm³/mol. The van der Waals surface area contributed by atoms with Crippen LogP contribution in [0.25, 0.3) is 0 Å². The van der Waals surface area contributed by atoms with Crippen molar-refractivity contribution < 1.29 is 4.79 Å². The van der Waals surface area contributed by atoms with Crippen molar-refractivity contribution in [2.24, 2.45) is 5.73 Å². The van der Waals surface area contributed by atoms with Gasteiger partial charge >= 0.3 is 0 Å². The number of benzene rings is 1. The molecule has 4 nitrogen and oxygen atoms in total. The topological polar surface area (TPSA) is 81.1 Å². The summed E-state index contributed by atoms with van der Waals surface area (Å²) in [6.07, 6.45) is 3.40. The van der Waals surface area contributed by atoms with Crippen LogP contribution in [0.4, 0.5) is 11.4 Å². The summed E-state index contributed by atoms with van der Waals surface area (Å²) in [4.78, 5) is 11.5. The molecule has 1 aromatic carbocycles. The van der Waals surface area contributed by atoms with E-state index in [-0.39, 0.29) is 5.91 Å². The van der Waals surface area contributed by atoms with Gasteiger partial charge in [0.05, 0.1) is 0 Å². The van der Waals surface area contributed by atoms with E-state index in [4.69, 9.17) is 11.5 Å². The quantitative estimate of drug-likeness (QED) is 0.505. The normalized spacial score (nSPS) is 10.1. The zero-order valence-corrected chi connectivity index (χ0v) is 9.41. The van der Waals surface area contributed by atoms with Crippen molar-refractivity contribution in [2.45, 2.75) is 25.7 Å². The van der Waals surface area contributed by atoms with Crippen LogP contribution in [0.3, 0.4) is 0 Å². The second-order valence-corrected chi connectivity index (χ2v) is 3.77. The first-order valence-electron chi connectivity index (χ1n) is 5.58. The minimum absolute atomic E-state index is 0.0302. The van der Waals surface area contributed by atoms with Gasteiger partial charge < -0.3 is 16.8 Å². The summed E-state index contributed by atoms with van der Waals surface area (Å²) in [5, 5.41) is 2.81. The van der Waals surface area contributed by atoms with E-state index in [1.807, 2.05) is 12.1 Å². The number of anilines is 2. The monoisotopic (exact) mass is 221 g/mol. The van der Waals surface area contributed by atoms with Gasteiger partial charge in [-0.05, 0) is 37.6 Å². The average Bonchev–Trinajstić information content (AvgIpc) is 2.24. The Morgan fingerprint density at radius 2 is 2.06 bits per heavy atom. The minimum atomic E-state index is 0.0302. The third-order valence-electron chi connectivity index (χ3n) is 2.28. The molecule has 16 heavy (non-hydrogen) atoms. The van der Waals surface area contributed by atoms with Crippen LogP contribution in [-0.4, -0.2) is 12.5 Å². The number of rotatable bonds is 6. The van der Waals surface area contributed by atoms with E-state index in [9.17, 15) is 4.79 Å². The second kappa shape index (κ2) is 6.85. The van der Waals surface area contributed by atoms with Crippen LogP contribution in [0.2, 0.25) is 0 Å². The highest BCUT2D eigenvalue weighted by molar-refractivity contribution is 5.91. The maximum atomic E-state index is 11.5. The van der Waals surface area contributed by atoms with E-state index in [1.54, 1.807) is 12.1 Å². The van der Waals surface area contributed by atoms with E-state index in [2.05, 4.69) is 5.32 Å². The fraction of sp³-hybridized carbons (Fsp3) is 0.417. The molecular weight excluding hydrogens is 202 g/mol. The van der Waals surface area contributed by atoms with E-state index >= 15 is 0 Å². The molecule has 5 N–H and O–H groups in total. The first kappa shape index (κ1) is 12.5. The molecular formula is C12H19N3O. The molecule has 1 aromatic rings. The predicted octanol–water partition coefficient (Wildman–Crippen LogP) is 1.73. The number of unbranched alkanes of at least 4 members (excludes halogenated alkanes) is 2. The molecule has 0 radical (unpaired) electrons. The van der Waals surface area contributed by atoms with Crippen molar-refractivity contribution in [1.82, 2.24) is 0 Å². The van der Waals surface area contributed by atoms with Gasteiger partial charge in [0, 0.05) is 17.8 Å². The molecule has 0 bridgehead atoms. The van der Waals surface area contributed by atoms with Crippen LogP contribution in [0, 0.1) is 0 Å². The van der Waals surface area contributed by atoms with E-state index in [0.29, 0.717) is 18.7 Å². The van der Waals surface area contributed by atoms with E-state index < -0.39 is 0 Å². The highest BCUT2D eigenvalue weighted by Crippen LogP contribution is 2.12. The smallest absolute Gasteiger partial charge is 0.224 e. The standard InChI is InChI=1S/C12H19N3O/c13-8-3-1-2-7-12(16)15-11-6-4-5-10(14)9-11/h4-6,9H,1-3,7-8,13-14H2,(H,15,16). The van der Waals surface area contributed by atoms with Crippen molar-refractivity contribution in [3.05, 3.63) is 24.3 Å². The lowest BCUT2D eigenvalue weighted by atomic mass is 10.2. The number of nitrogen functional groups attached to an aromatic ring is 1. The SMILES string of the molecule is NCCCCCC(=O)Nc1cccc(N)c1. The molecule has 0 saturated heterocycles. The summed E-state index contributed by atoms with van der Waals surface area (Å²) in [5.74, 6) is 0.0302. The second-order valence-electron chi connectivity index (χ2n) is 3.77. The van der Waals surface area contributed by atoms with Crippen LogP contribution in [-0.2, 0) is 4.79 Å². The number of nitrogens with two attached hydrogens (primary N) is 2. The molecule has 0 unspecified atom stereocenters. The molecule has 0 aliphatic rings. The lowest BCUT2D eigenvalue weighted by molar-refractivity contribution is -0.116. The molecule has 1 rings (SSSR count). The largest absolute Gasteiger partial charge is 0.399 e. The van der Waals surface area contributed by atoms with Crippen molar-refractivity contribution in [3.63, 3.8) is 0 Å². The number of carbonyl (C=O) groups is 1. The lowest BCUT2D eigenvalue weighted by Gasteiger charge is -2.05. The van der Waals surface area contributed by atoms with Gasteiger partial charge in [0.2, 0.25) is 5.91 Å². The fourth-order valence-corrected chi connectivity index (χ4v) is 1.45. The molecule has 0 heterocycles. The Bertz CT molecular complexity index is 339. The van der Waals surface area contributed by atoms with Gasteiger partial charge in [0.1, 0.15) is 0 Å². The summed E-state index contributed by atoms with van der Waals surface area (Å²) in [7, 11) is 0. The summed E-state index contributed by atoms with van der Waals surface area (Å²) < 4.78 is 0. The molecule has 0 atom stereocenters. The third kappa shape index (κ3) is 4.79. The molecule has 0 fully saturated rings. The van der Waals surface area contributed by atoms with Crippen molar-refractivity contribution in [3.8, 4) is 0 Å². The zero-order valence-electron chi connectivity index (χ0n) is 9.41. The Kier molecular flexibility index (Phi) is 5.36. The summed E-state index contributed by atoms with van der Waals surface area (Å²) in [6.45, 7) is 0.691. The first-order chi connectivity index (χ1) is 7.72. The van der Waals surface area contributed by atoms with Crippen LogP contribution in [0.1, 0.15) is 25.7 Å². The van der Waals surface area contributed by atoms with Crippen LogP contribution < -0.4 is 16.8 Å². The van der Waals surface area contributed by atoms with Gasteiger partial charge in [0.25, 0.3) is 0 Å². The molecule has 0 aliphatic heterocycles. The molecule has 0 spiro atoms. The molecule has 0 aliphatic carbocycles. The van der Waals surface area contributed by atoms with Gasteiger partial charge in [-0.3, -0.25) is 4.79 Å². The highest BCUT2D eigenvalue weighted by atomic mass is 16.1. The van der Waals surface area contributed by atoms with Crippen LogP contribution in [0.5, 0.6) is 0 Å². The molecule has 0 saturated carbocycles. The maximum Gasteiger partial charge on any atom is 0.224 e. The maximum absolute atomic E-state index is 11.5. The molecule has 0 aromatic heterocycles. The third-order valence-corrected chi connectivity index (χ3v) is 2.28. The van der Waals surface area contributed by atoms with Crippen LogP contribution in [0.15, 0.2) is 24.3 Å². The van der Waals surface area contributed by atoms with E-state index in [0.717, 1.165) is 24.9 Å². The Morgan fingerprint density at radius 3 is 2.75 bits per heavy atom. The number of amides is 1. The Balaban J connectivity index is 2.29. The van der Waals surface area contributed by atoms with Gasteiger partial charge in [-0.1, -0.05) is 12.5 Å². The number of hydrogen-bond donors (Lipinski definition) is 3. The Hall–Kier alpha value is -1.55.